The first kappa shape index (κ1) is 17.9. The summed E-state index contributed by atoms with van der Waals surface area (Å²) in [6.07, 6.45) is 0. The molecule has 2 N–H and O–H groups in total. The van der Waals surface area contributed by atoms with Crippen LogP contribution in [0, 0.1) is 5.41 Å². The van der Waals surface area contributed by atoms with Crippen LogP contribution in [0.25, 0.3) is 11.3 Å². The molecule has 0 saturated carbocycles. The van der Waals surface area contributed by atoms with E-state index in [2.05, 4.69) is 5.10 Å². The van der Waals surface area contributed by atoms with Crippen molar-refractivity contribution in [2.45, 2.75) is 13.5 Å². The second kappa shape index (κ2) is 7.45. The van der Waals surface area contributed by atoms with E-state index in [4.69, 9.17) is 11.6 Å². The van der Waals surface area contributed by atoms with Gasteiger partial charge in [-0.15, -0.1) is 0 Å². The Morgan fingerprint density at radius 3 is 2.39 bits per heavy atom. The second-order valence-corrected chi connectivity index (χ2v) is 6.76. The highest BCUT2D eigenvalue weighted by molar-refractivity contribution is 6.30. The average Bonchev–Trinajstić information content (AvgIpc) is 2.83. The molecule has 126 valence electrons. The molecule has 0 radical (unpaired) electrons. The molecule has 0 fully saturated rings. The highest BCUT2D eigenvalue weighted by atomic mass is 35.5. The summed E-state index contributed by atoms with van der Waals surface area (Å²) in [4.78, 5) is 2.04. The molecule has 0 aliphatic carbocycles. The minimum absolute atomic E-state index is 0.0693. The molecule has 0 aliphatic heterocycles. The molecule has 0 atom stereocenters. The van der Waals surface area contributed by atoms with Crippen molar-refractivity contribution in [2.75, 3.05) is 26.8 Å². The van der Waals surface area contributed by atoms with Crippen molar-refractivity contribution in [1.82, 2.24) is 14.7 Å². The number of nitrogens with zero attached hydrogens (tertiary/aromatic N) is 3. The van der Waals surface area contributed by atoms with Gasteiger partial charge in [-0.05, 0) is 7.05 Å². The predicted octanol–water partition coefficient (Wildman–Crippen LogP) is 2.16. The van der Waals surface area contributed by atoms with Crippen LogP contribution in [0.1, 0.15) is 12.5 Å². The van der Waals surface area contributed by atoms with Crippen LogP contribution in [0.2, 0.25) is 5.15 Å². The molecule has 23 heavy (non-hydrogen) atoms. The number of hydrogen-bond acceptors (Lipinski definition) is 4. The van der Waals surface area contributed by atoms with Gasteiger partial charge in [0.2, 0.25) is 0 Å². The van der Waals surface area contributed by atoms with E-state index in [1.807, 2.05) is 56.3 Å². The Balaban J connectivity index is 2.26. The lowest BCUT2D eigenvalue weighted by Gasteiger charge is -2.30. The molecule has 0 aliphatic rings. The molecule has 5 nitrogen and oxygen atoms in total. The molecule has 2 rings (SSSR count). The largest absolute Gasteiger partial charge is 0.396 e. The van der Waals surface area contributed by atoms with Gasteiger partial charge in [0.05, 0.1) is 18.9 Å². The summed E-state index contributed by atoms with van der Waals surface area (Å²) in [5, 5.41) is 24.1. The molecule has 0 spiro atoms. The predicted molar refractivity (Wildman–Crippen MR) is 92.3 cm³/mol. The lowest BCUT2D eigenvalue weighted by atomic mass is 9.92. The molecule has 0 saturated heterocycles. The van der Waals surface area contributed by atoms with Crippen molar-refractivity contribution in [3.8, 4) is 11.3 Å². The van der Waals surface area contributed by atoms with Crippen molar-refractivity contribution in [1.29, 1.82) is 0 Å². The topological polar surface area (TPSA) is 61.5 Å². The van der Waals surface area contributed by atoms with Crippen molar-refractivity contribution >= 4 is 11.6 Å². The van der Waals surface area contributed by atoms with Gasteiger partial charge < -0.3 is 15.1 Å². The number of benzene rings is 1. The Morgan fingerprint density at radius 2 is 1.83 bits per heavy atom. The van der Waals surface area contributed by atoms with Crippen LogP contribution in [0.15, 0.2) is 30.3 Å². The Morgan fingerprint density at radius 1 is 1.22 bits per heavy atom. The molecule has 1 heterocycles. The SMILES string of the molecule is CN(Cc1c(-c2ccccc2)nn(C)c1Cl)CC(C)(CO)CO. The van der Waals surface area contributed by atoms with Gasteiger partial charge >= 0.3 is 0 Å². The van der Waals surface area contributed by atoms with Gasteiger partial charge in [0, 0.05) is 36.7 Å². The van der Waals surface area contributed by atoms with Crippen LogP contribution in [-0.2, 0) is 13.6 Å². The minimum atomic E-state index is -0.545. The zero-order chi connectivity index (χ0) is 17.0. The van der Waals surface area contributed by atoms with Crippen LogP contribution >= 0.6 is 11.6 Å². The summed E-state index contributed by atoms with van der Waals surface area (Å²) in [5.74, 6) is 0. The number of aliphatic hydroxyl groups excluding tert-OH is 2. The van der Waals surface area contributed by atoms with E-state index in [1.165, 1.54) is 0 Å². The van der Waals surface area contributed by atoms with Crippen LogP contribution < -0.4 is 0 Å². The average molecular weight is 338 g/mol. The smallest absolute Gasteiger partial charge is 0.131 e. The van der Waals surface area contributed by atoms with Gasteiger partial charge in [0.1, 0.15) is 5.15 Å². The maximum atomic E-state index is 9.46. The summed E-state index contributed by atoms with van der Waals surface area (Å²) < 4.78 is 1.67. The summed E-state index contributed by atoms with van der Waals surface area (Å²) in [6, 6.07) is 9.93. The Labute approximate surface area is 142 Å². The van der Waals surface area contributed by atoms with Crippen molar-refractivity contribution in [2.24, 2.45) is 12.5 Å². The third-order valence-corrected chi connectivity index (χ3v) is 4.43. The zero-order valence-corrected chi connectivity index (χ0v) is 14.6. The van der Waals surface area contributed by atoms with Gasteiger partial charge in [-0.3, -0.25) is 4.68 Å². The summed E-state index contributed by atoms with van der Waals surface area (Å²) in [5.41, 5.74) is 2.28. The summed E-state index contributed by atoms with van der Waals surface area (Å²) in [6.45, 7) is 2.86. The number of hydrogen-bond donors (Lipinski definition) is 2. The third kappa shape index (κ3) is 4.12. The van der Waals surface area contributed by atoms with Crippen LogP contribution in [0.3, 0.4) is 0 Å². The van der Waals surface area contributed by atoms with Gasteiger partial charge in [-0.25, -0.2) is 0 Å². The van der Waals surface area contributed by atoms with Gasteiger partial charge in [0.15, 0.2) is 0 Å². The monoisotopic (exact) mass is 337 g/mol. The van der Waals surface area contributed by atoms with Gasteiger partial charge in [-0.1, -0.05) is 48.9 Å². The fourth-order valence-electron chi connectivity index (χ4n) is 2.64. The van der Waals surface area contributed by atoms with E-state index in [0.29, 0.717) is 18.2 Å². The fourth-order valence-corrected chi connectivity index (χ4v) is 2.83. The van der Waals surface area contributed by atoms with E-state index in [9.17, 15) is 10.2 Å². The zero-order valence-electron chi connectivity index (χ0n) is 13.8. The number of aryl methyl sites for hydroxylation is 1. The number of halogens is 1. The first-order valence-corrected chi connectivity index (χ1v) is 7.95. The molecule has 0 bridgehead atoms. The Kier molecular flexibility index (Phi) is 5.81. The molecule has 1 aromatic carbocycles. The van der Waals surface area contributed by atoms with E-state index in [-0.39, 0.29) is 13.2 Å². The van der Waals surface area contributed by atoms with E-state index in [0.717, 1.165) is 16.8 Å². The molecule has 0 amide bonds. The molecule has 0 unspecified atom stereocenters. The fraction of sp³-hybridized carbons (Fsp3) is 0.471. The van der Waals surface area contributed by atoms with Crippen LogP contribution in [0.5, 0.6) is 0 Å². The third-order valence-electron chi connectivity index (χ3n) is 3.96. The Hall–Kier alpha value is -1.40. The molecular weight excluding hydrogens is 314 g/mol. The highest BCUT2D eigenvalue weighted by Gasteiger charge is 2.26. The first-order valence-electron chi connectivity index (χ1n) is 7.57. The first-order chi connectivity index (χ1) is 10.9. The Bertz CT molecular complexity index is 639. The maximum absolute atomic E-state index is 9.46. The van der Waals surface area contributed by atoms with E-state index >= 15 is 0 Å². The summed E-state index contributed by atoms with van der Waals surface area (Å²) >= 11 is 6.42. The number of aromatic nitrogens is 2. The summed E-state index contributed by atoms with van der Waals surface area (Å²) in [7, 11) is 3.77. The lowest BCUT2D eigenvalue weighted by Crippen LogP contribution is -2.38. The van der Waals surface area contributed by atoms with Gasteiger partial charge in [0.25, 0.3) is 0 Å². The van der Waals surface area contributed by atoms with Crippen molar-refractivity contribution < 1.29 is 10.2 Å². The molecule has 1 aromatic heterocycles. The minimum Gasteiger partial charge on any atom is -0.396 e. The quantitative estimate of drug-likeness (QED) is 0.813. The van der Waals surface area contributed by atoms with Crippen LogP contribution in [0.4, 0.5) is 0 Å². The normalized spacial score (nSPS) is 12.1. The van der Waals surface area contributed by atoms with Gasteiger partial charge in [-0.2, -0.15) is 5.10 Å². The number of aliphatic hydroxyl groups is 2. The van der Waals surface area contributed by atoms with E-state index < -0.39 is 5.41 Å². The second-order valence-electron chi connectivity index (χ2n) is 6.41. The van der Waals surface area contributed by atoms with Crippen LogP contribution in [-0.4, -0.2) is 51.7 Å². The highest BCUT2D eigenvalue weighted by Crippen LogP contribution is 2.29. The molecule has 2 aromatic rings. The maximum Gasteiger partial charge on any atom is 0.131 e. The lowest BCUT2D eigenvalue weighted by molar-refractivity contribution is 0.0402. The van der Waals surface area contributed by atoms with Crippen molar-refractivity contribution in [3.05, 3.63) is 41.0 Å². The molecule has 6 heteroatoms. The van der Waals surface area contributed by atoms with E-state index in [1.54, 1.807) is 4.68 Å². The standard InChI is InChI=1S/C17H24ClN3O2/c1-17(11-22,12-23)10-20(2)9-14-15(19-21(3)16(14)18)13-7-5-4-6-8-13/h4-8,22-23H,9-12H2,1-3H3. The van der Waals surface area contributed by atoms with Crippen molar-refractivity contribution in [3.63, 3.8) is 0 Å². The number of rotatable bonds is 7. The molecular formula is C17H24ClN3O2.